The second kappa shape index (κ2) is 5.86. The average Bonchev–Trinajstić information content (AvgIpc) is 2.71. The molecule has 0 aliphatic heterocycles. The number of hydrogen-bond acceptors (Lipinski definition) is 2. The van der Waals surface area contributed by atoms with E-state index in [0.717, 1.165) is 26.0 Å². The lowest BCUT2D eigenvalue weighted by Crippen LogP contribution is -2.19. The summed E-state index contributed by atoms with van der Waals surface area (Å²) in [7, 11) is 0. The standard InChI is InChI=1S/C16H17Br2N3/c1-5-8-21-14(19)13(20-15(21)16(2,3)4)10-6-7-11(17)12(18)9-10/h1,6-7,9H,8,19H2,2-4H3. The minimum atomic E-state index is -0.129. The van der Waals surface area contributed by atoms with E-state index >= 15 is 0 Å². The first kappa shape index (κ1) is 16.1. The fourth-order valence-electron chi connectivity index (χ4n) is 2.15. The molecule has 1 aromatic carbocycles. The number of anilines is 1. The van der Waals surface area contributed by atoms with Gasteiger partial charge in [0.05, 0.1) is 6.54 Å². The van der Waals surface area contributed by atoms with E-state index in [4.69, 9.17) is 17.1 Å². The van der Waals surface area contributed by atoms with Crippen molar-refractivity contribution in [1.82, 2.24) is 9.55 Å². The Morgan fingerprint density at radius 3 is 2.48 bits per heavy atom. The van der Waals surface area contributed by atoms with Gasteiger partial charge in [-0.2, -0.15) is 0 Å². The van der Waals surface area contributed by atoms with E-state index < -0.39 is 0 Å². The van der Waals surface area contributed by atoms with Crippen LogP contribution in [0.3, 0.4) is 0 Å². The van der Waals surface area contributed by atoms with Crippen molar-refractivity contribution in [2.75, 3.05) is 5.73 Å². The SMILES string of the molecule is C#CCn1c(C(C)(C)C)nc(-c2ccc(Br)c(Br)c2)c1N. The van der Waals surface area contributed by atoms with E-state index in [1.165, 1.54) is 0 Å². The molecule has 0 radical (unpaired) electrons. The molecule has 0 aliphatic carbocycles. The van der Waals surface area contributed by atoms with Gasteiger partial charge in [-0.05, 0) is 44.0 Å². The number of terminal acetylenes is 1. The molecule has 0 unspecified atom stereocenters. The maximum Gasteiger partial charge on any atom is 0.132 e. The van der Waals surface area contributed by atoms with Gasteiger partial charge in [0.2, 0.25) is 0 Å². The summed E-state index contributed by atoms with van der Waals surface area (Å²) < 4.78 is 3.86. The van der Waals surface area contributed by atoms with Gasteiger partial charge in [0, 0.05) is 19.9 Å². The number of hydrogen-bond donors (Lipinski definition) is 1. The monoisotopic (exact) mass is 409 g/mol. The first-order valence-corrected chi connectivity index (χ1v) is 8.09. The molecule has 0 aliphatic rings. The minimum Gasteiger partial charge on any atom is -0.383 e. The third-order valence-electron chi connectivity index (χ3n) is 3.12. The predicted octanol–water partition coefficient (Wildman–Crippen LogP) is 4.59. The molecule has 0 spiro atoms. The third-order valence-corrected chi connectivity index (χ3v) is 5.00. The fraction of sp³-hybridized carbons (Fsp3) is 0.312. The van der Waals surface area contributed by atoms with E-state index in [1.807, 2.05) is 22.8 Å². The molecule has 1 heterocycles. The van der Waals surface area contributed by atoms with Gasteiger partial charge in [0.1, 0.15) is 17.3 Å². The van der Waals surface area contributed by atoms with Crippen molar-refractivity contribution in [3.05, 3.63) is 33.0 Å². The van der Waals surface area contributed by atoms with E-state index in [2.05, 4.69) is 58.6 Å². The van der Waals surface area contributed by atoms with Crippen LogP contribution in [0, 0.1) is 12.3 Å². The summed E-state index contributed by atoms with van der Waals surface area (Å²) in [6.45, 7) is 6.72. The van der Waals surface area contributed by atoms with Crippen LogP contribution < -0.4 is 5.73 Å². The smallest absolute Gasteiger partial charge is 0.132 e. The number of nitrogens with two attached hydrogens (primary N) is 1. The lowest BCUT2D eigenvalue weighted by atomic mass is 9.95. The van der Waals surface area contributed by atoms with E-state index in [1.54, 1.807) is 0 Å². The quantitative estimate of drug-likeness (QED) is 0.735. The van der Waals surface area contributed by atoms with Gasteiger partial charge in [-0.3, -0.25) is 0 Å². The highest BCUT2D eigenvalue weighted by Crippen LogP contribution is 2.34. The van der Waals surface area contributed by atoms with Crippen LogP contribution in [0.1, 0.15) is 26.6 Å². The molecule has 5 heteroatoms. The van der Waals surface area contributed by atoms with Gasteiger partial charge < -0.3 is 10.3 Å². The molecule has 1 aromatic heterocycles. The molecule has 2 rings (SSSR count). The zero-order valence-electron chi connectivity index (χ0n) is 12.2. The van der Waals surface area contributed by atoms with Crippen LogP contribution in [0.2, 0.25) is 0 Å². The molecule has 0 saturated heterocycles. The number of halogens is 2. The molecule has 0 fully saturated rings. The maximum atomic E-state index is 6.28. The second-order valence-corrected chi connectivity index (χ2v) is 7.55. The number of nitrogen functional groups attached to an aromatic ring is 1. The van der Waals surface area contributed by atoms with Crippen LogP contribution in [-0.2, 0) is 12.0 Å². The van der Waals surface area contributed by atoms with Gasteiger partial charge >= 0.3 is 0 Å². The van der Waals surface area contributed by atoms with Crippen molar-refractivity contribution in [2.24, 2.45) is 0 Å². The first-order valence-electron chi connectivity index (χ1n) is 6.51. The Morgan fingerprint density at radius 1 is 1.29 bits per heavy atom. The molecule has 2 N–H and O–H groups in total. The highest BCUT2D eigenvalue weighted by atomic mass is 79.9. The van der Waals surface area contributed by atoms with Gasteiger partial charge in [-0.15, -0.1) is 6.42 Å². The van der Waals surface area contributed by atoms with Crippen molar-refractivity contribution in [1.29, 1.82) is 0 Å². The topological polar surface area (TPSA) is 43.8 Å². The fourth-order valence-corrected chi connectivity index (χ4v) is 2.77. The molecular formula is C16H17Br2N3. The second-order valence-electron chi connectivity index (χ2n) is 5.84. The summed E-state index contributed by atoms with van der Waals surface area (Å²) in [5, 5.41) is 0. The van der Waals surface area contributed by atoms with Crippen LogP contribution in [0.25, 0.3) is 11.3 Å². The molecule has 0 amide bonds. The van der Waals surface area contributed by atoms with Crippen molar-refractivity contribution in [3.63, 3.8) is 0 Å². The van der Waals surface area contributed by atoms with Gasteiger partial charge in [0.25, 0.3) is 0 Å². The number of rotatable bonds is 2. The normalized spacial score (nSPS) is 11.4. The molecule has 110 valence electrons. The Labute approximate surface area is 142 Å². The van der Waals surface area contributed by atoms with E-state index in [0.29, 0.717) is 12.4 Å². The maximum absolute atomic E-state index is 6.28. The van der Waals surface area contributed by atoms with E-state index in [-0.39, 0.29) is 5.41 Å². The van der Waals surface area contributed by atoms with Crippen molar-refractivity contribution < 1.29 is 0 Å². The van der Waals surface area contributed by atoms with Gasteiger partial charge in [-0.25, -0.2) is 4.98 Å². The summed E-state index contributed by atoms with van der Waals surface area (Å²) in [6, 6.07) is 5.95. The Hall–Kier alpha value is -1.25. The van der Waals surface area contributed by atoms with Gasteiger partial charge in [0.15, 0.2) is 0 Å². The van der Waals surface area contributed by atoms with Gasteiger partial charge in [-0.1, -0.05) is 32.8 Å². The van der Waals surface area contributed by atoms with Crippen LogP contribution in [0.15, 0.2) is 27.1 Å². The predicted molar refractivity (Wildman–Crippen MR) is 95.0 cm³/mol. The molecule has 2 aromatic rings. The number of nitrogens with zero attached hydrogens (tertiary/aromatic N) is 2. The number of imidazole rings is 1. The summed E-state index contributed by atoms with van der Waals surface area (Å²) in [5.41, 5.74) is 7.88. The highest BCUT2D eigenvalue weighted by Gasteiger charge is 2.25. The summed E-state index contributed by atoms with van der Waals surface area (Å²) in [5.74, 6) is 4.15. The highest BCUT2D eigenvalue weighted by molar-refractivity contribution is 9.13. The summed E-state index contributed by atoms with van der Waals surface area (Å²) >= 11 is 6.98. The third kappa shape index (κ3) is 3.17. The average molecular weight is 411 g/mol. The molecule has 0 atom stereocenters. The van der Waals surface area contributed by atoms with Crippen LogP contribution in [0.5, 0.6) is 0 Å². The summed E-state index contributed by atoms with van der Waals surface area (Å²) in [6.07, 6.45) is 5.47. The van der Waals surface area contributed by atoms with Crippen molar-refractivity contribution >= 4 is 37.7 Å². The molecular weight excluding hydrogens is 394 g/mol. The molecule has 21 heavy (non-hydrogen) atoms. The molecule has 3 nitrogen and oxygen atoms in total. The van der Waals surface area contributed by atoms with E-state index in [9.17, 15) is 0 Å². The Balaban J connectivity index is 2.65. The van der Waals surface area contributed by atoms with Crippen LogP contribution in [0.4, 0.5) is 5.82 Å². The van der Waals surface area contributed by atoms with Crippen LogP contribution >= 0.6 is 31.9 Å². The first-order chi connectivity index (χ1) is 9.75. The zero-order valence-corrected chi connectivity index (χ0v) is 15.4. The van der Waals surface area contributed by atoms with Crippen molar-refractivity contribution in [2.45, 2.75) is 32.7 Å². The lowest BCUT2D eigenvalue weighted by Gasteiger charge is -2.18. The Morgan fingerprint density at radius 2 is 1.95 bits per heavy atom. The number of benzene rings is 1. The Kier molecular flexibility index (Phi) is 4.50. The zero-order chi connectivity index (χ0) is 15.8. The Bertz CT molecular complexity index is 718. The molecule has 0 saturated carbocycles. The summed E-state index contributed by atoms with van der Waals surface area (Å²) in [4.78, 5) is 4.75. The molecule has 0 bridgehead atoms. The largest absolute Gasteiger partial charge is 0.383 e. The van der Waals surface area contributed by atoms with Crippen LogP contribution in [-0.4, -0.2) is 9.55 Å². The minimum absolute atomic E-state index is 0.129. The number of aromatic nitrogens is 2. The lowest BCUT2D eigenvalue weighted by molar-refractivity contribution is 0.517. The van der Waals surface area contributed by atoms with Crippen molar-refractivity contribution in [3.8, 4) is 23.6 Å².